The van der Waals surface area contributed by atoms with Gasteiger partial charge in [0.05, 0.1) is 7.11 Å². The third-order valence-electron chi connectivity index (χ3n) is 2.28. The summed E-state index contributed by atoms with van der Waals surface area (Å²) < 4.78 is 4.98. The number of benzene rings is 1. The van der Waals surface area contributed by atoms with Crippen LogP contribution in [0.4, 0.5) is 9.93 Å². The van der Waals surface area contributed by atoms with Crippen LogP contribution in [0, 0.1) is 0 Å². The Labute approximate surface area is 113 Å². The van der Waals surface area contributed by atoms with Crippen molar-refractivity contribution in [2.24, 2.45) is 0 Å². The number of carbonyl (C=O) groups excluding carboxylic acids is 1. The molecule has 19 heavy (non-hydrogen) atoms. The molecule has 2 amide bonds. The summed E-state index contributed by atoms with van der Waals surface area (Å²) in [4.78, 5) is 11.5. The van der Waals surface area contributed by atoms with E-state index in [1.54, 1.807) is 12.1 Å². The topological polar surface area (TPSA) is 96.4 Å². The third kappa shape index (κ3) is 3.55. The van der Waals surface area contributed by atoms with Crippen LogP contribution in [0.3, 0.4) is 0 Å². The molecule has 2 aromatic rings. The first kappa shape index (κ1) is 13.1. The Morgan fingerprint density at radius 2 is 2.37 bits per heavy atom. The Bertz CT molecular complexity index is 559. The van der Waals surface area contributed by atoms with E-state index >= 15 is 0 Å². The molecule has 0 radical (unpaired) electrons. The summed E-state index contributed by atoms with van der Waals surface area (Å²) in [6.45, 7) is 0.307. The van der Waals surface area contributed by atoms with Crippen molar-refractivity contribution in [1.82, 2.24) is 15.5 Å². The monoisotopic (exact) mass is 280 g/mol. The summed E-state index contributed by atoms with van der Waals surface area (Å²) in [6, 6.07) is 4.49. The van der Waals surface area contributed by atoms with Crippen molar-refractivity contribution in [3.8, 4) is 11.5 Å². The number of methoxy groups -OCH3 is 1. The summed E-state index contributed by atoms with van der Waals surface area (Å²) in [5.41, 5.74) is 2.34. The number of rotatable bonds is 4. The molecule has 0 saturated heterocycles. The van der Waals surface area contributed by atoms with Gasteiger partial charge in [-0.1, -0.05) is 17.4 Å². The van der Waals surface area contributed by atoms with Crippen molar-refractivity contribution in [3.63, 3.8) is 0 Å². The van der Waals surface area contributed by atoms with E-state index in [2.05, 4.69) is 20.8 Å². The summed E-state index contributed by atoms with van der Waals surface area (Å²) in [5.74, 6) is 0.424. The van der Waals surface area contributed by atoms with Crippen molar-refractivity contribution in [2.45, 2.75) is 6.54 Å². The lowest BCUT2D eigenvalue weighted by Crippen LogP contribution is -2.28. The van der Waals surface area contributed by atoms with E-state index in [0.29, 0.717) is 17.4 Å². The number of hydrogen-bond donors (Lipinski definition) is 3. The Morgan fingerprint density at radius 3 is 3.05 bits per heavy atom. The maximum absolute atomic E-state index is 11.5. The number of nitrogens with zero attached hydrogens (tertiary/aromatic N) is 2. The highest BCUT2D eigenvalue weighted by molar-refractivity contribution is 7.13. The summed E-state index contributed by atoms with van der Waals surface area (Å²) >= 11 is 1.23. The van der Waals surface area contributed by atoms with Crippen molar-refractivity contribution < 1.29 is 14.6 Å². The first-order chi connectivity index (χ1) is 9.19. The van der Waals surface area contributed by atoms with Crippen LogP contribution >= 0.6 is 11.3 Å². The molecule has 8 heteroatoms. The van der Waals surface area contributed by atoms with Crippen molar-refractivity contribution in [2.75, 3.05) is 12.4 Å². The fourth-order valence-electron chi connectivity index (χ4n) is 1.38. The first-order valence-corrected chi connectivity index (χ1v) is 6.24. The zero-order valence-electron chi connectivity index (χ0n) is 10.1. The molecule has 0 aliphatic carbocycles. The molecule has 0 atom stereocenters. The van der Waals surface area contributed by atoms with E-state index in [0.717, 1.165) is 5.56 Å². The maximum atomic E-state index is 11.5. The molecule has 1 aromatic carbocycles. The molecular formula is C11H12N4O3S. The fourth-order valence-corrected chi connectivity index (χ4v) is 1.82. The van der Waals surface area contributed by atoms with E-state index in [-0.39, 0.29) is 11.8 Å². The van der Waals surface area contributed by atoms with Crippen LogP contribution < -0.4 is 15.4 Å². The summed E-state index contributed by atoms with van der Waals surface area (Å²) in [7, 11) is 1.47. The van der Waals surface area contributed by atoms with Gasteiger partial charge in [-0.3, -0.25) is 5.32 Å². The quantitative estimate of drug-likeness (QED) is 0.790. The van der Waals surface area contributed by atoms with E-state index in [1.807, 2.05) is 0 Å². The van der Waals surface area contributed by atoms with Crippen molar-refractivity contribution in [1.29, 1.82) is 0 Å². The standard InChI is InChI=1S/C11H12N4O3S/c1-18-9-4-7(2-3-8(9)16)5-12-10(17)14-11-15-13-6-19-11/h2-4,6,16H,5H2,1H3,(H2,12,14,15,17). The number of urea groups is 1. The van der Waals surface area contributed by atoms with Crippen LogP contribution in [0.5, 0.6) is 11.5 Å². The molecule has 0 unspecified atom stereocenters. The van der Waals surface area contributed by atoms with Crippen LogP contribution in [0.1, 0.15) is 5.56 Å². The van der Waals surface area contributed by atoms with Crippen LogP contribution in [0.15, 0.2) is 23.7 Å². The molecular weight excluding hydrogens is 268 g/mol. The molecule has 3 N–H and O–H groups in total. The molecule has 1 heterocycles. The average Bonchev–Trinajstić information content (AvgIpc) is 2.90. The number of phenolic OH excluding ortho intramolecular Hbond substituents is 1. The zero-order chi connectivity index (χ0) is 13.7. The number of nitrogens with one attached hydrogen (secondary N) is 2. The highest BCUT2D eigenvalue weighted by atomic mass is 32.1. The van der Waals surface area contributed by atoms with Gasteiger partial charge >= 0.3 is 6.03 Å². The average molecular weight is 280 g/mol. The maximum Gasteiger partial charge on any atom is 0.321 e. The number of aromatic nitrogens is 2. The Hall–Kier alpha value is -2.35. The second-order valence-corrected chi connectivity index (χ2v) is 4.39. The molecule has 2 rings (SSSR count). The van der Waals surface area contributed by atoms with Crippen molar-refractivity contribution in [3.05, 3.63) is 29.3 Å². The molecule has 0 aliphatic rings. The molecule has 7 nitrogen and oxygen atoms in total. The lowest BCUT2D eigenvalue weighted by atomic mass is 10.2. The Kier molecular flexibility index (Phi) is 4.14. The predicted molar refractivity (Wildman–Crippen MR) is 70.4 cm³/mol. The Morgan fingerprint density at radius 1 is 1.53 bits per heavy atom. The number of carbonyl (C=O) groups is 1. The van der Waals surface area contributed by atoms with Crippen LogP contribution in [-0.2, 0) is 6.54 Å². The number of amides is 2. The van der Waals surface area contributed by atoms with Gasteiger partial charge < -0.3 is 15.2 Å². The van der Waals surface area contributed by atoms with E-state index < -0.39 is 0 Å². The fraction of sp³-hybridized carbons (Fsp3) is 0.182. The van der Waals surface area contributed by atoms with Crippen LogP contribution in [0.2, 0.25) is 0 Å². The van der Waals surface area contributed by atoms with E-state index in [4.69, 9.17) is 4.74 Å². The molecule has 100 valence electrons. The van der Waals surface area contributed by atoms with Gasteiger partial charge in [-0.05, 0) is 17.7 Å². The number of aromatic hydroxyl groups is 1. The lowest BCUT2D eigenvalue weighted by Gasteiger charge is -2.08. The smallest absolute Gasteiger partial charge is 0.321 e. The minimum absolute atomic E-state index is 0.0598. The second kappa shape index (κ2) is 6.01. The minimum Gasteiger partial charge on any atom is -0.504 e. The van der Waals surface area contributed by atoms with Gasteiger partial charge in [0.15, 0.2) is 11.5 Å². The molecule has 1 aromatic heterocycles. The third-order valence-corrected chi connectivity index (χ3v) is 2.88. The molecule has 0 fully saturated rings. The van der Waals surface area contributed by atoms with Gasteiger partial charge in [0, 0.05) is 6.54 Å². The highest BCUT2D eigenvalue weighted by Gasteiger charge is 2.06. The van der Waals surface area contributed by atoms with Gasteiger partial charge in [0.2, 0.25) is 5.13 Å². The van der Waals surface area contributed by atoms with Gasteiger partial charge in [0.1, 0.15) is 5.51 Å². The zero-order valence-corrected chi connectivity index (χ0v) is 10.9. The minimum atomic E-state index is -0.371. The second-order valence-electron chi connectivity index (χ2n) is 3.56. The van der Waals surface area contributed by atoms with Crippen LogP contribution in [0.25, 0.3) is 0 Å². The number of hydrogen-bond acceptors (Lipinski definition) is 6. The molecule has 0 aliphatic heterocycles. The van der Waals surface area contributed by atoms with E-state index in [9.17, 15) is 9.90 Å². The number of ether oxygens (including phenoxy) is 1. The largest absolute Gasteiger partial charge is 0.504 e. The van der Waals surface area contributed by atoms with Gasteiger partial charge in [-0.15, -0.1) is 10.2 Å². The van der Waals surface area contributed by atoms with Gasteiger partial charge in [0.25, 0.3) is 0 Å². The van der Waals surface area contributed by atoms with Crippen LogP contribution in [-0.4, -0.2) is 28.4 Å². The predicted octanol–water partition coefficient (Wildman–Crippen LogP) is 1.57. The highest BCUT2D eigenvalue weighted by Crippen LogP contribution is 2.26. The number of phenols is 1. The SMILES string of the molecule is COc1cc(CNC(=O)Nc2nncs2)ccc1O. The molecule has 0 saturated carbocycles. The van der Waals surface area contributed by atoms with Gasteiger partial charge in [-0.25, -0.2) is 4.79 Å². The number of anilines is 1. The summed E-state index contributed by atoms with van der Waals surface area (Å²) in [6.07, 6.45) is 0. The first-order valence-electron chi connectivity index (χ1n) is 5.36. The molecule has 0 spiro atoms. The normalized spacial score (nSPS) is 9.95. The lowest BCUT2D eigenvalue weighted by molar-refractivity contribution is 0.251. The Balaban J connectivity index is 1.89. The van der Waals surface area contributed by atoms with Gasteiger partial charge in [-0.2, -0.15) is 0 Å². The molecule has 0 bridgehead atoms. The summed E-state index contributed by atoms with van der Waals surface area (Å²) in [5, 5.41) is 22.4. The van der Waals surface area contributed by atoms with Crippen molar-refractivity contribution >= 4 is 22.5 Å². The van der Waals surface area contributed by atoms with E-state index in [1.165, 1.54) is 30.0 Å².